The molecule has 0 N–H and O–H groups in total. The summed E-state index contributed by atoms with van der Waals surface area (Å²) in [6.45, 7) is 0.0467. The molecule has 0 aliphatic heterocycles. The average Bonchev–Trinajstić information content (AvgIpc) is 2.48. The first-order valence-electron chi connectivity index (χ1n) is 6.14. The summed E-state index contributed by atoms with van der Waals surface area (Å²) in [6.07, 6.45) is 1.08. The number of carbonyl (C=O) groups excluding carboxylic acids is 1. The zero-order chi connectivity index (χ0) is 16.3. The van der Waals surface area contributed by atoms with Gasteiger partial charge < -0.3 is 9.30 Å². The molecule has 0 bridgehead atoms. The Morgan fingerprint density at radius 3 is 2.73 bits per heavy atom. The van der Waals surface area contributed by atoms with Crippen molar-refractivity contribution < 1.29 is 14.5 Å². The van der Waals surface area contributed by atoms with Crippen molar-refractivity contribution in [2.24, 2.45) is 0 Å². The lowest BCUT2D eigenvalue weighted by Crippen LogP contribution is -2.27. The Morgan fingerprint density at radius 1 is 1.41 bits per heavy atom. The number of methoxy groups -OCH3 is 1. The molecule has 0 spiro atoms. The summed E-state index contributed by atoms with van der Waals surface area (Å²) in [7, 11) is 1.10. The molecule has 1 heterocycles. The monoisotopic (exact) mass is 322 g/mol. The highest BCUT2D eigenvalue weighted by Gasteiger charge is 2.19. The highest BCUT2D eigenvalue weighted by Crippen LogP contribution is 2.14. The van der Waals surface area contributed by atoms with E-state index in [1.165, 1.54) is 0 Å². The summed E-state index contributed by atoms with van der Waals surface area (Å²) in [6, 6.07) is 7.62. The third-order valence-corrected chi connectivity index (χ3v) is 3.16. The SMILES string of the molecule is COC(=O)c1cc([N+](=O)[O-])cn(Cc2cccc(Cl)c2)c1=O. The maximum absolute atomic E-state index is 12.2. The Morgan fingerprint density at radius 2 is 2.14 bits per heavy atom. The van der Waals surface area contributed by atoms with Crippen molar-refractivity contribution in [2.75, 3.05) is 7.11 Å². The maximum atomic E-state index is 12.2. The molecule has 0 fully saturated rings. The van der Waals surface area contributed by atoms with Crippen molar-refractivity contribution >= 4 is 23.3 Å². The molecular weight excluding hydrogens is 312 g/mol. The number of nitro groups is 1. The molecule has 1 aromatic heterocycles. The molecule has 0 saturated heterocycles. The van der Waals surface area contributed by atoms with Crippen molar-refractivity contribution in [2.45, 2.75) is 6.54 Å². The van der Waals surface area contributed by atoms with Gasteiger partial charge in [0.15, 0.2) is 0 Å². The van der Waals surface area contributed by atoms with E-state index in [0.29, 0.717) is 10.6 Å². The molecule has 7 nitrogen and oxygen atoms in total. The molecule has 0 amide bonds. The summed E-state index contributed by atoms with van der Waals surface area (Å²) in [5.74, 6) is -0.923. The molecule has 2 rings (SSSR count). The minimum atomic E-state index is -0.923. The molecule has 8 heteroatoms. The highest BCUT2D eigenvalue weighted by atomic mass is 35.5. The van der Waals surface area contributed by atoms with Crippen molar-refractivity contribution in [1.29, 1.82) is 0 Å². The van der Waals surface area contributed by atoms with E-state index in [4.69, 9.17) is 11.6 Å². The first kappa shape index (κ1) is 15.7. The molecular formula is C14H11ClN2O5. The standard InChI is InChI=1S/C14H11ClN2O5/c1-22-14(19)12-6-11(17(20)21)8-16(13(12)18)7-9-3-2-4-10(15)5-9/h2-6,8H,7H2,1H3. The van der Waals surface area contributed by atoms with Gasteiger partial charge in [0, 0.05) is 11.1 Å². The minimum absolute atomic E-state index is 0.0467. The number of halogens is 1. The molecule has 2 aromatic rings. The summed E-state index contributed by atoms with van der Waals surface area (Å²) >= 11 is 5.87. The van der Waals surface area contributed by atoms with E-state index in [0.717, 1.165) is 23.9 Å². The number of nitrogens with zero attached hydrogens (tertiary/aromatic N) is 2. The van der Waals surface area contributed by atoms with Crippen LogP contribution < -0.4 is 5.56 Å². The van der Waals surface area contributed by atoms with Gasteiger partial charge in [0.25, 0.3) is 11.2 Å². The molecule has 0 aliphatic rings. The zero-order valence-corrected chi connectivity index (χ0v) is 12.2. The lowest BCUT2D eigenvalue weighted by atomic mass is 10.2. The normalized spacial score (nSPS) is 10.3. The first-order valence-corrected chi connectivity index (χ1v) is 6.52. The van der Waals surface area contributed by atoms with Crippen LogP contribution in [-0.2, 0) is 11.3 Å². The van der Waals surface area contributed by atoms with Gasteiger partial charge in [-0.3, -0.25) is 14.9 Å². The fraction of sp³-hybridized carbons (Fsp3) is 0.143. The fourth-order valence-electron chi connectivity index (χ4n) is 1.93. The molecule has 0 radical (unpaired) electrons. The Balaban J connectivity index is 2.54. The van der Waals surface area contributed by atoms with Crippen molar-refractivity contribution in [3.63, 3.8) is 0 Å². The van der Waals surface area contributed by atoms with Crippen molar-refractivity contribution in [1.82, 2.24) is 4.57 Å². The number of rotatable bonds is 4. The highest BCUT2D eigenvalue weighted by molar-refractivity contribution is 6.30. The number of aromatic nitrogens is 1. The van der Waals surface area contributed by atoms with Crippen LogP contribution in [0.3, 0.4) is 0 Å². The van der Waals surface area contributed by atoms with Crippen LogP contribution in [0.25, 0.3) is 0 Å². The average molecular weight is 323 g/mol. The van der Waals surface area contributed by atoms with Crippen LogP contribution >= 0.6 is 11.6 Å². The third kappa shape index (κ3) is 3.32. The second-order valence-electron chi connectivity index (χ2n) is 4.42. The smallest absolute Gasteiger partial charge is 0.343 e. The lowest BCUT2D eigenvalue weighted by molar-refractivity contribution is -0.385. The van der Waals surface area contributed by atoms with Gasteiger partial charge in [0.1, 0.15) is 5.56 Å². The Bertz CT molecular complexity index is 800. The molecule has 22 heavy (non-hydrogen) atoms. The van der Waals surface area contributed by atoms with Crippen molar-refractivity contribution in [3.8, 4) is 0 Å². The van der Waals surface area contributed by atoms with E-state index in [1.807, 2.05) is 0 Å². The van der Waals surface area contributed by atoms with Gasteiger partial charge in [0.05, 0.1) is 24.8 Å². The fourth-order valence-corrected chi connectivity index (χ4v) is 2.14. The Hall–Kier alpha value is -2.67. The summed E-state index contributed by atoms with van der Waals surface area (Å²) in [4.78, 5) is 34.1. The minimum Gasteiger partial charge on any atom is -0.465 e. The number of hydrogen-bond donors (Lipinski definition) is 0. The predicted octanol–water partition coefficient (Wildman–Crippen LogP) is 2.24. The quantitative estimate of drug-likeness (QED) is 0.489. The summed E-state index contributed by atoms with van der Waals surface area (Å²) < 4.78 is 5.56. The van der Waals surface area contributed by atoms with E-state index in [9.17, 15) is 19.7 Å². The van der Waals surface area contributed by atoms with Crippen LogP contribution in [0.1, 0.15) is 15.9 Å². The summed E-state index contributed by atoms with van der Waals surface area (Å²) in [5.41, 5.74) is -0.760. The van der Waals surface area contributed by atoms with Crippen LogP contribution in [0.15, 0.2) is 41.3 Å². The molecule has 1 aromatic carbocycles. The Labute approximate surface area is 129 Å². The van der Waals surface area contributed by atoms with E-state index < -0.39 is 22.0 Å². The number of esters is 1. The van der Waals surface area contributed by atoms with E-state index >= 15 is 0 Å². The number of pyridine rings is 1. The molecule has 0 unspecified atom stereocenters. The first-order chi connectivity index (χ1) is 10.4. The predicted molar refractivity (Wildman–Crippen MR) is 79.2 cm³/mol. The van der Waals surface area contributed by atoms with Crippen LogP contribution in [0, 0.1) is 10.1 Å². The summed E-state index contributed by atoms with van der Waals surface area (Å²) in [5, 5.41) is 11.4. The van der Waals surface area contributed by atoms with Gasteiger partial charge in [0.2, 0.25) is 0 Å². The number of benzene rings is 1. The van der Waals surface area contributed by atoms with Gasteiger partial charge in [-0.2, -0.15) is 0 Å². The molecule has 0 aliphatic carbocycles. The van der Waals surface area contributed by atoms with Crippen LogP contribution in [0.4, 0.5) is 5.69 Å². The van der Waals surface area contributed by atoms with Crippen LogP contribution in [0.5, 0.6) is 0 Å². The third-order valence-electron chi connectivity index (χ3n) is 2.93. The lowest BCUT2D eigenvalue weighted by Gasteiger charge is -2.08. The van der Waals surface area contributed by atoms with Crippen LogP contribution in [-0.4, -0.2) is 22.6 Å². The topological polar surface area (TPSA) is 91.4 Å². The molecule has 0 saturated carbocycles. The van der Waals surface area contributed by atoms with E-state index in [-0.39, 0.29) is 12.2 Å². The van der Waals surface area contributed by atoms with E-state index in [1.54, 1.807) is 24.3 Å². The Kier molecular flexibility index (Phi) is 4.57. The largest absolute Gasteiger partial charge is 0.465 e. The number of hydrogen-bond acceptors (Lipinski definition) is 5. The van der Waals surface area contributed by atoms with Gasteiger partial charge in [-0.15, -0.1) is 0 Å². The number of ether oxygens (including phenoxy) is 1. The van der Waals surface area contributed by atoms with Gasteiger partial charge >= 0.3 is 5.97 Å². The van der Waals surface area contributed by atoms with Gasteiger partial charge in [-0.25, -0.2) is 4.79 Å². The molecule has 114 valence electrons. The second kappa shape index (κ2) is 6.40. The maximum Gasteiger partial charge on any atom is 0.343 e. The number of carbonyl (C=O) groups is 1. The van der Waals surface area contributed by atoms with E-state index in [2.05, 4.69) is 4.74 Å². The second-order valence-corrected chi connectivity index (χ2v) is 4.86. The van der Waals surface area contributed by atoms with Gasteiger partial charge in [-0.05, 0) is 17.7 Å². The molecule has 0 atom stereocenters. The van der Waals surface area contributed by atoms with Crippen LogP contribution in [0.2, 0.25) is 5.02 Å². The van der Waals surface area contributed by atoms with Gasteiger partial charge in [-0.1, -0.05) is 23.7 Å². The van der Waals surface area contributed by atoms with Crippen molar-refractivity contribution in [3.05, 3.63) is 73.1 Å². The zero-order valence-electron chi connectivity index (χ0n) is 11.5.